The highest BCUT2D eigenvalue weighted by atomic mass is 32.2. The summed E-state index contributed by atoms with van der Waals surface area (Å²) >= 11 is 1.63. The molecule has 2 aliphatic heterocycles. The van der Waals surface area contributed by atoms with Gasteiger partial charge < -0.3 is 14.5 Å². The number of hydrogen-bond donors (Lipinski definition) is 0. The molecule has 8 nitrogen and oxygen atoms in total. The summed E-state index contributed by atoms with van der Waals surface area (Å²) < 4.78 is 35.2. The lowest BCUT2D eigenvalue weighted by molar-refractivity contribution is 0.0746. The number of piperazine rings is 1. The summed E-state index contributed by atoms with van der Waals surface area (Å²) in [5.74, 6) is 0.700. The molecule has 0 atom stereocenters. The summed E-state index contributed by atoms with van der Waals surface area (Å²) in [7, 11) is -3.71. The van der Waals surface area contributed by atoms with Gasteiger partial charge in [0.05, 0.1) is 21.9 Å². The minimum absolute atomic E-state index is 0.0927. The van der Waals surface area contributed by atoms with Crippen LogP contribution in [0.4, 0.5) is 10.8 Å². The number of thiazole rings is 1. The van der Waals surface area contributed by atoms with Gasteiger partial charge in [0.25, 0.3) is 15.9 Å². The smallest absolute Gasteiger partial charge is 0.264 e. The van der Waals surface area contributed by atoms with E-state index in [1.54, 1.807) is 35.6 Å². The second kappa shape index (κ2) is 10.5. The number of para-hydroxylation sites is 2. The van der Waals surface area contributed by atoms with Crippen LogP contribution in [0.5, 0.6) is 5.75 Å². The predicted octanol–water partition coefficient (Wildman–Crippen LogP) is 4.80. The first-order valence-electron chi connectivity index (χ1n) is 13.2. The normalized spacial score (nSPS) is 15.9. The maximum Gasteiger partial charge on any atom is 0.264 e. The fourth-order valence-electron chi connectivity index (χ4n) is 5.25. The van der Waals surface area contributed by atoms with Crippen LogP contribution in [-0.2, 0) is 16.4 Å². The molecule has 1 aromatic heterocycles. The van der Waals surface area contributed by atoms with Crippen LogP contribution in [0.2, 0.25) is 0 Å². The fourth-order valence-corrected chi connectivity index (χ4v) is 7.82. The molecular formula is C29H30N4O4S2. The number of anilines is 2. The zero-order valence-electron chi connectivity index (χ0n) is 21.7. The van der Waals surface area contributed by atoms with E-state index in [4.69, 9.17) is 9.72 Å². The van der Waals surface area contributed by atoms with Crippen molar-refractivity contribution < 1.29 is 17.9 Å². The fraction of sp³-hybridized carbons (Fsp3) is 0.310. The Kier molecular flexibility index (Phi) is 6.90. The number of amides is 1. The summed E-state index contributed by atoms with van der Waals surface area (Å²) in [6.45, 7) is 5.49. The van der Waals surface area contributed by atoms with E-state index in [1.807, 2.05) is 54.3 Å². The summed E-state index contributed by atoms with van der Waals surface area (Å²) in [5, 5.41) is 0.929. The monoisotopic (exact) mass is 562 g/mol. The van der Waals surface area contributed by atoms with Crippen LogP contribution >= 0.6 is 11.3 Å². The zero-order valence-corrected chi connectivity index (χ0v) is 23.4. The van der Waals surface area contributed by atoms with Crippen LogP contribution in [0.25, 0.3) is 10.2 Å². The van der Waals surface area contributed by atoms with Gasteiger partial charge in [-0.2, -0.15) is 0 Å². The highest BCUT2D eigenvalue weighted by Crippen LogP contribution is 2.35. The second-order valence-corrected chi connectivity index (χ2v) is 12.5. The van der Waals surface area contributed by atoms with E-state index in [9.17, 15) is 13.2 Å². The number of rotatable bonds is 6. The third-order valence-electron chi connectivity index (χ3n) is 7.26. The van der Waals surface area contributed by atoms with Gasteiger partial charge >= 0.3 is 0 Å². The first-order chi connectivity index (χ1) is 19.0. The minimum atomic E-state index is -3.71. The molecule has 1 amide bonds. The van der Waals surface area contributed by atoms with E-state index < -0.39 is 10.0 Å². The lowest BCUT2D eigenvalue weighted by Crippen LogP contribution is -2.48. The van der Waals surface area contributed by atoms with Gasteiger partial charge in [0, 0.05) is 38.3 Å². The molecule has 4 aromatic rings. The summed E-state index contributed by atoms with van der Waals surface area (Å²) in [6, 6.07) is 20.0. The molecule has 0 saturated carbocycles. The molecule has 2 aliphatic rings. The highest BCUT2D eigenvalue weighted by Gasteiger charge is 2.30. The summed E-state index contributed by atoms with van der Waals surface area (Å²) in [4.78, 5) is 22.3. The average Bonchev–Trinajstić information content (AvgIpc) is 3.42. The Labute approximate surface area is 232 Å². The van der Waals surface area contributed by atoms with Crippen molar-refractivity contribution in [1.82, 2.24) is 9.88 Å². The second-order valence-electron chi connectivity index (χ2n) is 9.65. The zero-order chi connectivity index (χ0) is 27.0. The first-order valence-corrected chi connectivity index (χ1v) is 15.5. The van der Waals surface area contributed by atoms with Gasteiger partial charge in [0.15, 0.2) is 5.13 Å². The van der Waals surface area contributed by atoms with Crippen LogP contribution in [0.15, 0.2) is 71.6 Å². The number of nitrogens with zero attached hydrogens (tertiary/aromatic N) is 4. The van der Waals surface area contributed by atoms with Crippen molar-refractivity contribution in [3.63, 3.8) is 0 Å². The van der Waals surface area contributed by atoms with E-state index in [0.29, 0.717) is 44.9 Å². The Balaban J connectivity index is 1.13. The van der Waals surface area contributed by atoms with Crippen LogP contribution in [0.1, 0.15) is 29.3 Å². The molecule has 202 valence electrons. The number of fused-ring (bicyclic) bond motifs is 2. The molecule has 10 heteroatoms. The van der Waals surface area contributed by atoms with Crippen molar-refractivity contribution in [1.29, 1.82) is 0 Å². The number of carbonyl (C=O) groups is 1. The number of benzene rings is 3. The molecule has 0 aliphatic carbocycles. The maximum atomic E-state index is 13.4. The van der Waals surface area contributed by atoms with Crippen molar-refractivity contribution in [2.24, 2.45) is 0 Å². The van der Waals surface area contributed by atoms with Crippen molar-refractivity contribution >= 4 is 48.3 Å². The predicted molar refractivity (Wildman–Crippen MR) is 155 cm³/mol. The Morgan fingerprint density at radius 2 is 1.72 bits per heavy atom. The highest BCUT2D eigenvalue weighted by molar-refractivity contribution is 7.92. The Morgan fingerprint density at radius 3 is 2.49 bits per heavy atom. The molecule has 6 rings (SSSR count). The summed E-state index contributed by atoms with van der Waals surface area (Å²) in [6.07, 6.45) is 1.65. The van der Waals surface area contributed by atoms with Crippen LogP contribution < -0.4 is 13.9 Å². The molecule has 0 radical (unpaired) electrons. The Hall–Kier alpha value is -3.63. The van der Waals surface area contributed by atoms with Crippen molar-refractivity contribution in [3.8, 4) is 5.75 Å². The van der Waals surface area contributed by atoms with Crippen LogP contribution in [0.3, 0.4) is 0 Å². The SMILES string of the molecule is CCOc1cccc2sc(N3CCN(C(=O)c4ccc(S(=O)(=O)N5CCCc6ccccc65)cc4)CC3)nc12. The molecule has 0 unspecified atom stereocenters. The lowest BCUT2D eigenvalue weighted by atomic mass is 10.0. The molecule has 0 bridgehead atoms. The number of aromatic nitrogens is 1. The van der Waals surface area contributed by atoms with Crippen LogP contribution in [0, 0.1) is 0 Å². The van der Waals surface area contributed by atoms with Crippen molar-refractivity contribution in [2.75, 3.05) is 48.5 Å². The van der Waals surface area contributed by atoms with Crippen molar-refractivity contribution in [3.05, 3.63) is 77.9 Å². The topological polar surface area (TPSA) is 83.0 Å². The van der Waals surface area contributed by atoms with E-state index in [0.717, 1.165) is 45.2 Å². The number of ether oxygens (including phenoxy) is 1. The van der Waals surface area contributed by atoms with Gasteiger partial charge in [-0.15, -0.1) is 0 Å². The summed E-state index contributed by atoms with van der Waals surface area (Å²) in [5.41, 5.74) is 3.14. The van der Waals surface area contributed by atoms with E-state index in [-0.39, 0.29) is 10.8 Å². The third kappa shape index (κ3) is 4.83. The quantitative estimate of drug-likeness (QED) is 0.336. The van der Waals surface area contributed by atoms with E-state index >= 15 is 0 Å². The van der Waals surface area contributed by atoms with Gasteiger partial charge in [-0.25, -0.2) is 13.4 Å². The number of sulfonamides is 1. The molecule has 3 aromatic carbocycles. The maximum absolute atomic E-state index is 13.4. The van der Waals surface area contributed by atoms with Gasteiger partial charge in [-0.3, -0.25) is 9.10 Å². The number of hydrogen-bond acceptors (Lipinski definition) is 7. The number of carbonyl (C=O) groups excluding carboxylic acids is 1. The van der Waals surface area contributed by atoms with Crippen molar-refractivity contribution in [2.45, 2.75) is 24.7 Å². The third-order valence-corrected chi connectivity index (χ3v) is 10.2. The first kappa shape index (κ1) is 25.6. The largest absolute Gasteiger partial charge is 0.492 e. The van der Waals surface area contributed by atoms with E-state index in [1.165, 1.54) is 4.31 Å². The Morgan fingerprint density at radius 1 is 0.949 bits per heavy atom. The average molecular weight is 563 g/mol. The molecule has 0 N–H and O–H groups in total. The molecule has 1 fully saturated rings. The minimum Gasteiger partial charge on any atom is -0.492 e. The molecular weight excluding hydrogens is 532 g/mol. The molecule has 0 spiro atoms. The number of aryl methyl sites for hydroxylation is 1. The van der Waals surface area contributed by atoms with Crippen LogP contribution in [-0.4, -0.2) is 63.5 Å². The van der Waals surface area contributed by atoms with Gasteiger partial charge in [-0.05, 0) is 67.8 Å². The lowest BCUT2D eigenvalue weighted by Gasteiger charge is -2.34. The van der Waals surface area contributed by atoms with Gasteiger partial charge in [0.1, 0.15) is 11.3 Å². The van der Waals surface area contributed by atoms with E-state index in [2.05, 4.69) is 4.90 Å². The Bertz CT molecular complexity index is 1610. The molecule has 39 heavy (non-hydrogen) atoms. The van der Waals surface area contributed by atoms with Gasteiger partial charge in [-0.1, -0.05) is 35.6 Å². The standard InChI is InChI=1S/C29H30N4O4S2/c1-2-37-25-10-5-11-26-27(25)30-29(38-26)32-19-17-31(18-20-32)28(34)22-12-14-23(15-13-22)39(35,36)33-16-6-8-21-7-3-4-9-24(21)33/h3-5,7,9-15H,2,6,8,16-20H2,1H3. The molecule has 3 heterocycles. The van der Waals surface area contributed by atoms with Gasteiger partial charge in [0.2, 0.25) is 0 Å². The molecule has 1 saturated heterocycles.